The van der Waals surface area contributed by atoms with Crippen LogP contribution < -0.4 is 5.56 Å². The van der Waals surface area contributed by atoms with Crippen LogP contribution in [0.15, 0.2) is 31.4 Å². The Bertz CT molecular complexity index is 748. The Morgan fingerprint density at radius 1 is 1.50 bits per heavy atom. The van der Waals surface area contributed by atoms with Gasteiger partial charge in [0.1, 0.15) is 5.39 Å². The lowest BCUT2D eigenvalue weighted by Gasteiger charge is -1.98. The van der Waals surface area contributed by atoms with Crippen LogP contribution in [-0.4, -0.2) is 20.2 Å². The maximum absolute atomic E-state index is 11.7. The Hall–Kier alpha value is -1.12. The lowest BCUT2D eigenvalue weighted by Crippen LogP contribution is -2.07. The number of aromatic nitrogens is 4. The molecule has 0 radical (unpaired) electrons. The van der Waals surface area contributed by atoms with Gasteiger partial charge in [-0.2, -0.15) is 5.10 Å². The summed E-state index contributed by atoms with van der Waals surface area (Å²) in [4.78, 5) is 18.7. The van der Waals surface area contributed by atoms with Crippen molar-refractivity contribution in [2.45, 2.75) is 10.9 Å². The van der Waals surface area contributed by atoms with E-state index in [1.54, 1.807) is 11.3 Å². The monoisotopic (exact) mass is 342 g/mol. The van der Waals surface area contributed by atoms with Gasteiger partial charge in [0.05, 0.1) is 9.98 Å². The number of thiophene rings is 1. The van der Waals surface area contributed by atoms with Crippen molar-refractivity contribution in [2.75, 3.05) is 0 Å². The third-order valence-electron chi connectivity index (χ3n) is 2.29. The zero-order valence-electron chi connectivity index (χ0n) is 8.94. The molecule has 3 rings (SSSR count). The summed E-state index contributed by atoms with van der Waals surface area (Å²) in [5.74, 6) is 0.769. The second-order valence-electron chi connectivity index (χ2n) is 3.55. The van der Waals surface area contributed by atoms with Gasteiger partial charge in [0.25, 0.3) is 5.56 Å². The van der Waals surface area contributed by atoms with Gasteiger partial charge in [0.15, 0.2) is 10.8 Å². The molecule has 0 atom stereocenters. The van der Waals surface area contributed by atoms with E-state index in [4.69, 9.17) is 0 Å². The van der Waals surface area contributed by atoms with E-state index in [1.807, 2.05) is 0 Å². The Morgan fingerprint density at radius 3 is 3.17 bits per heavy atom. The van der Waals surface area contributed by atoms with Gasteiger partial charge in [-0.3, -0.25) is 9.89 Å². The highest BCUT2D eigenvalue weighted by Crippen LogP contribution is 2.26. The van der Waals surface area contributed by atoms with Crippen molar-refractivity contribution in [1.82, 2.24) is 20.2 Å². The molecule has 3 aromatic rings. The number of fused-ring (bicyclic) bond motifs is 1. The zero-order chi connectivity index (χ0) is 12.5. The van der Waals surface area contributed by atoms with Gasteiger partial charge in [-0.25, -0.2) is 4.98 Å². The highest BCUT2D eigenvalue weighted by Gasteiger charge is 2.06. The molecule has 3 heterocycles. The van der Waals surface area contributed by atoms with Crippen LogP contribution in [0.5, 0.6) is 0 Å². The molecule has 0 saturated carbocycles. The standard InChI is InChI=1S/C10H7BrN4OS2/c11-7-1-5(3-17-7)4-18-10-13-8-6(2-12-15-8)9(16)14-10/h1-3H,4H2,(H2,12,13,14,15,16). The van der Waals surface area contributed by atoms with Crippen molar-refractivity contribution >= 4 is 50.1 Å². The number of rotatable bonds is 3. The minimum atomic E-state index is -0.164. The lowest BCUT2D eigenvalue weighted by molar-refractivity contribution is 0.958. The van der Waals surface area contributed by atoms with Gasteiger partial charge in [0.2, 0.25) is 0 Å². The molecular weight excluding hydrogens is 336 g/mol. The number of aromatic amines is 2. The zero-order valence-corrected chi connectivity index (χ0v) is 12.2. The van der Waals surface area contributed by atoms with Crippen molar-refractivity contribution in [3.63, 3.8) is 0 Å². The first-order chi connectivity index (χ1) is 8.72. The molecule has 0 bridgehead atoms. The van der Waals surface area contributed by atoms with Crippen LogP contribution in [0.4, 0.5) is 0 Å². The average Bonchev–Trinajstić information content (AvgIpc) is 2.95. The molecule has 0 saturated heterocycles. The third kappa shape index (κ3) is 2.36. The fourth-order valence-electron chi connectivity index (χ4n) is 1.47. The molecule has 3 aromatic heterocycles. The molecule has 0 fully saturated rings. The maximum Gasteiger partial charge on any atom is 0.262 e. The summed E-state index contributed by atoms with van der Waals surface area (Å²) in [6.07, 6.45) is 1.48. The van der Waals surface area contributed by atoms with Gasteiger partial charge in [0, 0.05) is 5.75 Å². The fraction of sp³-hybridized carbons (Fsp3) is 0.100. The second-order valence-corrected chi connectivity index (χ2v) is 6.81. The summed E-state index contributed by atoms with van der Waals surface area (Å²) < 4.78 is 1.10. The van der Waals surface area contributed by atoms with Gasteiger partial charge < -0.3 is 4.98 Å². The Kier molecular flexibility index (Phi) is 3.23. The smallest absolute Gasteiger partial charge is 0.262 e. The molecule has 92 valence electrons. The third-order valence-corrected chi connectivity index (χ3v) is 4.79. The molecule has 0 aliphatic heterocycles. The highest BCUT2D eigenvalue weighted by atomic mass is 79.9. The van der Waals surface area contributed by atoms with E-state index in [0.717, 1.165) is 9.54 Å². The first-order valence-corrected chi connectivity index (χ1v) is 7.67. The number of halogens is 1. The summed E-state index contributed by atoms with van der Waals surface area (Å²) in [7, 11) is 0. The van der Waals surface area contributed by atoms with Crippen molar-refractivity contribution in [3.05, 3.63) is 37.3 Å². The Labute approximate surface area is 118 Å². The van der Waals surface area contributed by atoms with Crippen LogP contribution in [0.2, 0.25) is 0 Å². The van der Waals surface area contributed by atoms with Crippen molar-refractivity contribution in [2.24, 2.45) is 0 Å². The molecule has 8 heteroatoms. The van der Waals surface area contributed by atoms with Crippen LogP contribution in [0.1, 0.15) is 5.56 Å². The number of nitrogens with one attached hydrogen (secondary N) is 2. The van der Waals surface area contributed by atoms with E-state index in [0.29, 0.717) is 16.2 Å². The van der Waals surface area contributed by atoms with Gasteiger partial charge in [-0.05, 0) is 32.9 Å². The van der Waals surface area contributed by atoms with E-state index in [2.05, 4.69) is 47.5 Å². The molecule has 0 amide bonds. The first-order valence-electron chi connectivity index (χ1n) is 5.01. The van der Waals surface area contributed by atoms with E-state index in [-0.39, 0.29) is 5.56 Å². The van der Waals surface area contributed by atoms with Crippen molar-refractivity contribution in [3.8, 4) is 0 Å². The number of hydrogen-bond donors (Lipinski definition) is 2. The Balaban J connectivity index is 1.84. The summed E-state index contributed by atoms with van der Waals surface area (Å²) in [6.45, 7) is 0. The number of hydrogen-bond acceptors (Lipinski definition) is 5. The summed E-state index contributed by atoms with van der Waals surface area (Å²) in [5.41, 5.74) is 1.56. The van der Waals surface area contributed by atoms with Crippen LogP contribution in [0, 0.1) is 0 Å². The molecule has 0 aromatic carbocycles. The summed E-state index contributed by atoms with van der Waals surface area (Å²) >= 11 is 6.55. The molecule has 2 N–H and O–H groups in total. The van der Waals surface area contributed by atoms with E-state index >= 15 is 0 Å². The molecule has 0 unspecified atom stereocenters. The minimum absolute atomic E-state index is 0.164. The molecule has 0 aliphatic carbocycles. The highest BCUT2D eigenvalue weighted by molar-refractivity contribution is 9.11. The molecule has 18 heavy (non-hydrogen) atoms. The van der Waals surface area contributed by atoms with Crippen molar-refractivity contribution < 1.29 is 0 Å². The number of nitrogens with zero attached hydrogens (tertiary/aromatic N) is 2. The summed E-state index contributed by atoms with van der Waals surface area (Å²) in [6, 6.07) is 2.06. The topological polar surface area (TPSA) is 74.4 Å². The van der Waals surface area contributed by atoms with E-state index in [9.17, 15) is 4.79 Å². The van der Waals surface area contributed by atoms with Gasteiger partial charge in [-0.1, -0.05) is 11.8 Å². The van der Waals surface area contributed by atoms with Crippen LogP contribution in [-0.2, 0) is 5.75 Å². The number of H-pyrrole nitrogens is 2. The van der Waals surface area contributed by atoms with Crippen LogP contribution in [0.3, 0.4) is 0 Å². The lowest BCUT2D eigenvalue weighted by atomic mass is 10.4. The number of thioether (sulfide) groups is 1. The molecule has 0 spiro atoms. The van der Waals surface area contributed by atoms with Crippen LogP contribution >= 0.6 is 39.0 Å². The predicted molar refractivity (Wildman–Crippen MR) is 76.1 cm³/mol. The van der Waals surface area contributed by atoms with Crippen molar-refractivity contribution in [1.29, 1.82) is 0 Å². The largest absolute Gasteiger partial charge is 0.301 e. The predicted octanol–water partition coefficient (Wildman–Crippen LogP) is 2.76. The molecule has 0 aliphatic rings. The minimum Gasteiger partial charge on any atom is -0.301 e. The average molecular weight is 343 g/mol. The first kappa shape index (κ1) is 11.9. The quantitative estimate of drug-likeness (QED) is 0.566. The van der Waals surface area contributed by atoms with Crippen LogP contribution in [0.25, 0.3) is 11.0 Å². The second kappa shape index (κ2) is 4.87. The Morgan fingerprint density at radius 2 is 2.39 bits per heavy atom. The SMILES string of the molecule is O=c1[nH]c(SCc2csc(Br)c2)nc2[nH]ncc12. The normalized spacial score (nSPS) is 11.2. The molecule has 5 nitrogen and oxygen atoms in total. The molecular formula is C10H7BrN4OS2. The van der Waals surface area contributed by atoms with Gasteiger partial charge >= 0.3 is 0 Å². The fourth-order valence-corrected chi connectivity index (χ4v) is 3.57. The van der Waals surface area contributed by atoms with E-state index in [1.165, 1.54) is 23.5 Å². The van der Waals surface area contributed by atoms with Gasteiger partial charge in [-0.15, -0.1) is 11.3 Å². The maximum atomic E-state index is 11.7. The van der Waals surface area contributed by atoms with E-state index < -0.39 is 0 Å². The summed E-state index contributed by atoms with van der Waals surface area (Å²) in [5, 5.41) is 9.66.